The van der Waals surface area contributed by atoms with Gasteiger partial charge in [0.05, 0.1) is 11.1 Å². The van der Waals surface area contributed by atoms with Gasteiger partial charge >= 0.3 is 0 Å². The fourth-order valence-electron chi connectivity index (χ4n) is 2.77. The summed E-state index contributed by atoms with van der Waals surface area (Å²) in [5.74, 6) is -2.45. The minimum absolute atomic E-state index is 0.0356. The molecule has 1 atom stereocenters. The van der Waals surface area contributed by atoms with Crippen molar-refractivity contribution < 1.29 is 26.7 Å². The van der Waals surface area contributed by atoms with E-state index in [-0.39, 0.29) is 33.8 Å². The molecule has 28 heavy (non-hydrogen) atoms. The van der Waals surface area contributed by atoms with E-state index in [2.05, 4.69) is 10.0 Å². The second-order valence-corrected chi connectivity index (χ2v) is 8.39. The van der Waals surface area contributed by atoms with Gasteiger partial charge < -0.3 is 10.1 Å². The van der Waals surface area contributed by atoms with Crippen molar-refractivity contribution in [2.24, 2.45) is 0 Å². The lowest BCUT2D eigenvalue weighted by atomic mass is 10.2. The lowest BCUT2D eigenvalue weighted by Gasteiger charge is -2.13. The van der Waals surface area contributed by atoms with Gasteiger partial charge in [-0.25, -0.2) is 21.9 Å². The molecule has 1 amide bonds. The third kappa shape index (κ3) is 5.05. The number of ether oxygens (including phenoxy) is 1. The van der Waals surface area contributed by atoms with E-state index in [4.69, 9.17) is 16.3 Å². The molecular weight excluding hydrogens is 414 g/mol. The van der Waals surface area contributed by atoms with Gasteiger partial charge in [-0.2, -0.15) is 0 Å². The topological polar surface area (TPSA) is 84.5 Å². The summed E-state index contributed by atoms with van der Waals surface area (Å²) < 4.78 is 59.4. The fraction of sp³-hybridized carbons (Fsp3) is 0.278. The van der Waals surface area contributed by atoms with Gasteiger partial charge in [0.1, 0.15) is 16.5 Å². The highest BCUT2D eigenvalue weighted by Crippen LogP contribution is 2.24. The summed E-state index contributed by atoms with van der Waals surface area (Å²) in [4.78, 5) is 12.1. The Bertz CT molecular complexity index is 975. The Morgan fingerprint density at radius 2 is 1.89 bits per heavy atom. The number of carbonyl (C=O) groups excluding carboxylic acids is 1. The van der Waals surface area contributed by atoms with Gasteiger partial charge in [-0.1, -0.05) is 11.6 Å². The van der Waals surface area contributed by atoms with Gasteiger partial charge in [0.2, 0.25) is 10.0 Å². The summed E-state index contributed by atoms with van der Waals surface area (Å²) in [5.41, 5.74) is -0.134. The van der Waals surface area contributed by atoms with E-state index in [1.807, 2.05) is 0 Å². The van der Waals surface area contributed by atoms with Crippen LogP contribution in [0.1, 0.15) is 23.2 Å². The summed E-state index contributed by atoms with van der Waals surface area (Å²) in [6.07, 6.45) is 1.41. The quantitative estimate of drug-likeness (QED) is 0.736. The molecule has 10 heteroatoms. The third-order valence-corrected chi connectivity index (χ3v) is 6.03. The molecule has 0 radical (unpaired) electrons. The van der Waals surface area contributed by atoms with E-state index < -0.39 is 27.6 Å². The Balaban J connectivity index is 1.78. The van der Waals surface area contributed by atoms with Gasteiger partial charge in [0.25, 0.3) is 5.91 Å². The van der Waals surface area contributed by atoms with Crippen LogP contribution < -0.4 is 10.0 Å². The van der Waals surface area contributed by atoms with Gasteiger partial charge in [0.15, 0.2) is 0 Å². The number of halogens is 3. The number of nitrogens with one attached hydrogen (secondary N) is 2. The van der Waals surface area contributed by atoms with Crippen LogP contribution in [0.5, 0.6) is 0 Å². The largest absolute Gasteiger partial charge is 0.377 e. The van der Waals surface area contributed by atoms with Gasteiger partial charge in [0, 0.05) is 30.5 Å². The summed E-state index contributed by atoms with van der Waals surface area (Å²) in [6, 6.07) is 6.23. The smallest absolute Gasteiger partial charge is 0.255 e. The van der Waals surface area contributed by atoms with Crippen LogP contribution in [0.15, 0.2) is 41.3 Å². The van der Waals surface area contributed by atoms with Crippen LogP contribution in [0.3, 0.4) is 0 Å². The Kier molecular flexibility index (Phi) is 6.29. The maximum Gasteiger partial charge on any atom is 0.255 e. The molecule has 1 heterocycles. The SMILES string of the molecule is O=C(Nc1cc(F)cc(F)c1)c1ccc(Cl)c(S(=O)(=O)NC[C@@H]2CCCO2)c1. The van der Waals surface area contributed by atoms with Crippen LogP contribution >= 0.6 is 11.6 Å². The highest BCUT2D eigenvalue weighted by atomic mass is 35.5. The predicted octanol–water partition coefficient (Wildman–Crippen LogP) is 3.33. The number of benzene rings is 2. The van der Waals surface area contributed by atoms with E-state index in [1.54, 1.807) is 0 Å². The summed E-state index contributed by atoms with van der Waals surface area (Å²) >= 11 is 6.00. The predicted molar refractivity (Wildman–Crippen MR) is 99.9 cm³/mol. The highest BCUT2D eigenvalue weighted by Gasteiger charge is 2.23. The van der Waals surface area contributed by atoms with E-state index in [0.717, 1.165) is 31.0 Å². The van der Waals surface area contributed by atoms with Gasteiger partial charge in [-0.15, -0.1) is 0 Å². The zero-order chi connectivity index (χ0) is 20.3. The monoisotopic (exact) mass is 430 g/mol. The van der Waals surface area contributed by atoms with Crippen LogP contribution in [-0.2, 0) is 14.8 Å². The van der Waals surface area contributed by atoms with Crippen molar-refractivity contribution in [3.05, 3.63) is 58.6 Å². The first-order valence-electron chi connectivity index (χ1n) is 8.43. The minimum atomic E-state index is -3.98. The molecule has 0 aromatic heterocycles. The van der Waals surface area contributed by atoms with Crippen molar-refractivity contribution in [1.29, 1.82) is 0 Å². The molecule has 1 aliphatic rings. The summed E-state index contributed by atoms with van der Waals surface area (Å²) in [5, 5.41) is 2.26. The molecule has 1 saturated heterocycles. The zero-order valence-corrected chi connectivity index (χ0v) is 16.1. The first-order chi connectivity index (χ1) is 13.2. The molecule has 3 rings (SSSR count). The lowest BCUT2D eigenvalue weighted by molar-refractivity contribution is 0.102. The van der Waals surface area contributed by atoms with Crippen LogP contribution in [0.2, 0.25) is 5.02 Å². The number of sulfonamides is 1. The standard InChI is InChI=1S/C18H17ClF2N2O4S/c19-16-4-3-11(18(24)23-14-8-12(20)7-13(21)9-14)6-17(16)28(25,26)22-10-15-2-1-5-27-15/h3-4,6-9,15,22H,1-2,5,10H2,(H,23,24)/t15-/m0/s1. The number of rotatable bonds is 6. The van der Waals surface area contributed by atoms with Crippen molar-refractivity contribution in [2.45, 2.75) is 23.8 Å². The fourth-order valence-corrected chi connectivity index (χ4v) is 4.36. The molecular formula is C18H17ClF2N2O4S. The zero-order valence-electron chi connectivity index (χ0n) is 14.5. The Morgan fingerprint density at radius 3 is 2.54 bits per heavy atom. The molecule has 2 aromatic carbocycles. The Morgan fingerprint density at radius 1 is 1.18 bits per heavy atom. The second kappa shape index (κ2) is 8.52. The van der Waals surface area contributed by atoms with E-state index in [1.165, 1.54) is 12.1 Å². The summed E-state index contributed by atoms with van der Waals surface area (Å²) in [7, 11) is -3.98. The lowest BCUT2D eigenvalue weighted by Crippen LogP contribution is -2.32. The number of hydrogen-bond acceptors (Lipinski definition) is 4. The van der Waals surface area contributed by atoms with E-state index in [9.17, 15) is 22.0 Å². The molecule has 6 nitrogen and oxygen atoms in total. The average Bonchev–Trinajstić information content (AvgIpc) is 3.13. The Labute approximate surface area is 165 Å². The van der Waals surface area contributed by atoms with Crippen molar-refractivity contribution in [1.82, 2.24) is 4.72 Å². The van der Waals surface area contributed by atoms with Crippen molar-refractivity contribution in [2.75, 3.05) is 18.5 Å². The van der Waals surface area contributed by atoms with E-state index in [0.29, 0.717) is 12.7 Å². The van der Waals surface area contributed by atoms with Crippen LogP contribution in [0, 0.1) is 11.6 Å². The summed E-state index contributed by atoms with van der Waals surface area (Å²) in [6.45, 7) is 0.682. The molecule has 1 fully saturated rings. The number of hydrogen-bond donors (Lipinski definition) is 2. The highest BCUT2D eigenvalue weighted by molar-refractivity contribution is 7.89. The minimum Gasteiger partial charge on any atom is -0.377 e. The number of anilines is 1. The maximum absolute atomic E-state index is 13.3. The van der Waals surface area contributed by atoms with Crippen molar-refractivity contribution >= 4 is 33.2 Å². The normalized spacial score (nSPS) is 16.9. The average molecular weight is 431 g/mol. The molecule has 0 unspecified atom stereocenters. The number of carbonyl (C=O) groups is 1. The van der Waals surface area contributed by atoms with Crippen molar-refractivity contribution in [3.8, 4) is 0 Å². The molecule has 0 saturated carbocycles. The molecule has 1 aliphatic heterocycles. The van der Waals surface area contributed by atoms with Crippen LogP contribution in [-0.4, -0.2) is 33.6 Å². The molecule has 0 spiro atoms. The molecule has 0 aliphatic carbocycles. The molecule has 2 aromatic rings. The van der Waals surface area contributed by atoms with Gasteiger partial charge in [-0.3, -0.25) is 4.79 Å². The van der Waals surface area contributed by atoms with E-state index >= 15 is 0 Å². The van der Waals surface area contributed by atoms with Crippen LogP contribution in [0.4, 0.5) is 14.5 Å². The first kappa shape index (κ1) is 20.7. The number of amides is 1. The first-order valence-corrected chi connectivity index (χ1v) is 10.3. The second-order valence-electron chi connectivity index (χ2n) is 6.24. The molecule has 0 bridgehead atoms. The van der Waals surface area contributed by atoms with Crippen LogP contribution in [0.25, 0.3) is 0 Å². The molecule has 2 N–H and O–H groups in total. The maximum atomic E-state index is 13.3. The Hall–Kier alpha value is -2.07. The van der Waals surface area contributed by atoms with Gasteiger partial charge in [-0.05, 0) is 43.2 Å². The van der Waals surface area contributed by atoms with Crippen molar-refractivity contribution in [3.63, 3.8) is 0 Å². The third-order valence-electron chi connectivity index (χ3n) is 4.13. The molecule has 150 valence electrons.